The van der Waals surface area contributed by atoms with Crippen molar-refractivity contribution in [3.8, 4) is 0 Å². The molecule has 68 heavy (non-hydrogen) atoms. The van der Waals surface area contributed by atoms with Crippen molar-refractivity contribution in [3.63, 3.8) is 0 Å². The van der Waals surface area contributed by atoms with Gasteiger partial charge in [-0.05, 0) is 131 Å². The Labute approximate surface area is 392 Å². The lowest BCUT2D eigenvalue weighted by atomic mass is 10.00. The molecule has 11 aromatic carbocycles. The standard InChI is InChI=1S/C62H36N2O3S/c1-3-13-41(14-4-1)63(51-21-11-19-47-45-17-7-9-23-53(45)66-61(47)51)43-27-25-37-33-49-56(35-39(37)31-43)65-55-29-30-57-60(59(49)55)50-34-38-26-28-44(32-40(38)36-58(50)68-57)64(42-15-5-2-6-16-42)52-22-12-20-48-46-18-8-10-24-54(46)67-62(48)52/h1-36H. The van der Waals surface area contributed by atoms with Crippen molar-refractivity contribution in [3.05, 3.63) is 218 Å². The van der Waals surface area contributed by atoms with E-state index in [2.05, 4.69) is 204 Å². The lowest BCUT2D eigenvalue weighted by molar-refractivity contribution is 0.668. The fourth-order valence-corrected chi connectivity index (χ4v) is 11.8. The van der Waals surface area contributed by atoms with Gasteiger partial charge in [-0.15, -0.1) is 11.3 Å². The summed E-state index contributed by atoms with van der Waals surface area (Å²) in [4.78, 5) is 4.61. The molecule has 0 saturated carbocycles. The van der Waals surface area contributed by atoms with Crippen LogP contribution in [0.2, 0.25) is 0 Å². The van der Waals surface area contributed by atoms with E-state index in [0.29, 0.717) is 0 Å². The zero-order valence-electron chi connectivity index (χ0n) is 36.3. The molecule has 0 unspecified atom stereocenters. The van der Waals surface area contributed by atoms with E-state index in [4.69, 9.17) is 13.3 Å². The van der Waals surface area contributed by atoms with E-state index in [9.17, 15) is 0 Å². The number of furan rings is 3. The number of rotatable bonds is 6. The van der Waals surface area contributed by atoms with Crippen molar-refractivity contribution in [2.75, 3.05) is 9.80 Å². The van der Waals surface area contributed by atoms with Crippen molar-refractivity contribution in [1.82, 2.24) is 0 Å². The molecule has 6 heteroatoms. The maximum absolute atomic E-state index is 6.77. The molecular formula is C62H36N2O3S. The van der Waals surface area contributed by atoms with Crippen molar-refractivity contribution in [2.24, 2.45) is 0 Å². The minimum atomic E-state index is 0.858. The second-order valence-electron chi connectivity index (χ2n) is 17.6. The van der Waals surface area contributed by atoms with Crippen molar-refractivity contribution < 1.29 is 13.3 Å². The summed E-state index contributed by atoms with van der Waals surface area (Å²) >= 11 is 1.84. The molecule has 15 aromatic rings. The maximum atomic E-state index is 6.77. The molecule has 0 saturated heterocycles. The molecule has 5 nitrogen and oxygen atoms in total. The summed E-state index contributed by atoms with van der Waals surface area (Å²) in [5.41, 5.74) is 11.4. The smallest absolute Gasteiger partial charge is 0.159 e. The largest absolute Gasteiger partial charge is 0.456 e. The fourth-order valence-electron chi connectivity index (χ4n) is 10.7. The molecule has 0 spiro atoms. The van der Waals surface area contributed by atoms with Gasteiger partial charge in [-0.1, -0.05) is 109 Å². The summed E-state index contributed by atoms with van der Waals surface area (Å²) in [6, 6.07) is 77.6. The lowest BCUT2D eigenvalue weighted by Gasteiger charge is -2.25. The summed E-state index contributed by atoms with van der Waals surface area (Å²) in [7, 11) is 0. The van der Waals surface area contributed by atoms with Crippen LogP contribution in [0.5, 0.6) is 0 Å². The highest BCUT2D eigenvalue weighted by atomic mass is 32.1. The zero-order valence-corrected chi connectivity index (χ0v) is 37.1. The van der Waals surface area contributed by atoms with E-state index in [0.717, 1.165) is 111 Å². The summed E-state index contributed by atoms with van der Waals surface area (Å²) in [6.07, 6.45) is 0. The van der Waals surface area contributed by atoms with Crippen molar-refractivity contribution in [2.45, 2.75) is 0 Å². The van der Waals surface area contributed by atoms with E-state index in [1.54, 1.807) is 0 Å². The summed E-state index contributed by atoms with van der Waals surface area (Å²) < 4.78 is 22.4. The van der Waals surface area contributed by atoms with Crippen LogP contribution in [0, 0.1) is 0 Å². The van der Waals surface area contributed by atoms with Crippen LogP contribution < -0.4 is 9.80 Å². The molecule has 318 valence electrons. The SMILES string of the molecule is c1ccc(N(c2ccc3cc4c(cc3c2)oc2ccc3sc5cc6cc(N(c7ccccc7)c7cccc8c7oc7ccccc78)ccc6cc5c3c24)c2cccc3c2oc2ccccc23)cc1. The van der Waals surface area contributed by atoms with Gasteiger partial charge in [0, 0.05) is 75.2 Å². The van der Waals surface area contributed by atoms with Gasteiger partial charge in [0.25, 0.3) is 0 Å². The normalized spacial score (nSPS) is 12.1. The Balaban J connectivity index is 0.867. The van der Waals surface area contributed by atoms with E-state index in [1.807, 2.05) is 35.6 Å². The van der Waals surface area contributed by atoms with E-state index < -0.39 is 0 Å². The molecule has 15 rings (SSSR count). The van der Waals surface area contributed by atoms with Gasteiger partial charge in [0.2, 0.25) is 0 Å². The predicted molar refractivity (Wildman–Crippen MR) is 286 cm³/mol. The van der Waals surface area contributed by atoms with Crippen LogP contribution in [-0.2, 0) is 0 Å². The third-order valence-corrected chi connectivity index (χ3v) is 14.9. The van der Waals surface area contributed by atoms with Crippen LogP contribution in [0.1, 0.15) is 0 Å². The second kappa shape index (κ2) is 14.3. The first-order valence-corrected chi connectivity index (χ1v) is 23.7. The van der Waals surface area contributed by atoms with Crippen LogP contribution in [0.15, 0.2) is 232 Å². The molecule has 0 radical (unpaired) electrons. The van der Waals surface area contributed by atoms with E-state index in [-0.39, 0.29) is 0 Å². The Morgan fingerprint density at radius 3 is 1.41 bits per heavy atom. The van der Waals surface area contributed by atoms with Gasteiger partial charge in [-0.3, -0.25) is 0 Å². The molecule has 0 fully saturated rings. The lowest BCUT2D eigenvalue weighted by Crippen LogP contribution is -2.10. The van der Waals surface area contributed by atoms with Gasteiger partial charge < -0.3 is 23.1 Å². The first-order valence-electron chi connectivity index (χ1n) is 22.9. The van der Waals surface area contributed by atoms with Gasteiger partial charge in [0.15, 0.2) is 11.2 Å². The van der Waals surface area contributed by atoms with Crippen LogP contribution >= 0.6 is 11.3 Å². The van der Waals surface area contributed by atoms with Gasteiger partial charge in [-0.2, -0.15) is 0 Å². The molecule has 0 amide bonds. The molecular weight excluding hydrogens is 853 g/mol. The quantitative estimate of drug-likeness (QED) is 0.166. The molecule has 0 N–H and O–H groups in total. The van der Waals surface area contributed by atoms with Gasteiger partial charge in [-0.25, -0.2) is 0 Å². The number of fused-ring (bicyclic) bond motifs is 15. The van der Waals surface area contributed by atoms with Gasteiger partial charge >= 0.3 is 0 Å². The Morgan fingerprint density at radius 2 is 0.809 bits per heavy atom. The Hall–Kier alpha value is -8.84. The molecule has 4 aromatic heterocycles. The Morgan fingerprint density at radius 1 is 0.279 bits per heavy atom. The highest BCUT2D eigenvalue weighted by molar-refractivity contribution is 7.26. The zero-order chi connectivity index (χ0) is 44.5. The third kappa shape index (κ3) is 5.55. The average Bonchev–Trinajstić information content (AvgIpc) is 4.16. The fraction of sp³-hybridized carbons (Fsp3) is 0. The van der Waals surface area contributed by atoms with Crippen LogP contribution in [0.4, 0.5) is 34.1 Å². The maximum Gasteiger partial charge on any atom is 0.159 e. The predicted octanol–water partition coefficient (Wildman–Crippen LogP) is 19.0. The number of hydrogen-bond donors (Lipinski definition) is 0. The van der Waals surface area contributed by atoms with Crippen molar-refractivity contribution in [1.29, 1.82) is 0 Å². The highest BCUT2D eigenvalue weighted by Gasteiger charge is 2.23. The summed E-state index contributed by atoms with van der Waals surface area (Å²) in [5, 5.41) is 13.8. The van der Waals surface area contributed by atoms with Crippen LogP contribution in [0.25, 0.3) is 108 Å². The van der Waals surface area contributed by atoms with E-state index in [1.165, 1.54) is 30.9 Å². The number of thiophene rings is 1. The third-order valence-electron chi connectivity index (χ3n) is 13.7. The minimum Gasteiger partial charge on any atom is -0.456 e. The molecule has 0 atom stereocenters. The number of hydrogen-bond acceptors (Lipinski definition) is 6. The Bertz CT molecular complexity index is 4230. The first-order chi connectivity index (χ1) is 33.7. The molecule has 0 aliphatic rings. The molecule has 4 heterocycles. The van der Waals surface area contributed by atoms with E-state index >= 15 is 0 Å². The second-order valence-corrected chi connectivity index (χ2v) is 18.7. The molecule has 0 bridgehead atoms. The number of para-hydroxylation sites is 6. The average molecular weight is 889 g/mol. The number of anilines is 6. The summed E-state index contributed by atoms with van der Waals surface area (Å²) in [6.45, 7) is 0. The molecule has 0 aliphatic heterocycles. The number of benzene rings is 11. The monoisotopic (exact) mass is 888 g/mol. The molecule has 0 aliphatic carbocycles. The highest BCUT2D eigenvalue weighted by Crippen LogP contribution is 2.48. The van der Waals surface area contributed by atoms with Crippen molar-refractivity contribution >= 4 is 153 Å². The number of nitrogens with zero attached hydrogens (tertiary/aromatic N) is 2. The summed E-state index contributed by atoms with van der Waals surface area (Å²) in [5.74, 6) is 0. The van der Waals surface area contributed by atoms with Gasteiger partial charge in [0.1, 0.15) is 22.3 Å². The van der Waals surface area contributed by atoms with Crippen LogP contribution in [-0.4, -0.2) is 0 Å². The topological polar surface area (TPSA) is 45.9 Å². The van der Waals surface area contributed by atoms with Gasteiger partial charge in [0.05, 0.1) is 11.4 Å². The Kier molecular flexibility index (Phi) is 7.88. The first kappa shape index (κ1) is 37.4. The van der Waals surface area contributed by atoms with Crippen LogP contribution in [0.3, 0.4) is 0 Å². The minimum absolute atomic E-state index is 0.858.